The molecule has 0 saturated heterocycles. The Bertz CT molecular complexity index is 451. The van der Waals surface area contributed by atoms with E-state index in [-0.39, 0.29) is 5.54 Å². The standard InChI is InChI=1S/C17H25F2N/c1-17(2,3)20-11-14-6-4-5-13(14)9-12-7-8-15(18)16(19)10-12/h7-8,10,13-14,20H,4-6,9,11H2,1-3H3. The smallest absolute Gasteiger partial charge is 0.159 e. The van der Waals surface area contributed by atoms with Crippen LogP contribution < -0.4 is 5.32 Å². The van der Waals surface area contributed by atoms with Crippen molar-refractivity contribution in [1.29, 1.82) is 0 Å². The largest absolute Gasteiger partial charge is 0.312 e. The van der Waals surface area contributed by atoms with Crippen LogP contribution >= 0.6 is 0 Å². The first-order valence-corrected chi connectivity index (χ1v) is 7.54. The molecule has 0 spiro atoms. The number of hydrogen-bond acceptors (Lipinski definition) is 1. The van der Waals surface area contributed by atoms with Crippen molar-refractivity contribution in [1.82, 2.24) is 5.32 Å². The van der Waals surface area contributed by atoms with Crippen LogP contribution in [0.5, 0.6) is 0 Å². The Morgan fingerprint density at radius 2 is 1.80 bits per heavy atom. The molecule has 2 rings (SSSR count). The van der Waals surface area contributed by atoms with Crippen LogP contribution in [0.1, 0.15) is 45.6 Å². The zero-order valence-electron chi connectivity index (χ0n) is 12.7. The van der Waals surface area contributed by atoms with E-state index in [1.165, 1.54) is 31.4 Å². The molecule has 1 aliphatic rings. The second-order valence-corrected chi connectivity index (χ2v) is 7.03. The third-order valence-electron chi connectivity index (χ3n) is 4.19. The Balaban J connectivity index is 1.95. The molecule has 0 radical (unpaired) electrons. The second-order valence-electron chi connectivity index (χ2n) is 7.03. The predicted molar refractivity (Wildman–Crippen MR) is 78.6 cm³/mol. The fourth-order valence-electron chi connectivity index (χ4n) is 3.06. The molecule has 1 fully saturated rings. The lowest BCUT2D eigenvalue weighted by Gasteiger charge is -2.26. The van der Waals surface area contributed by atoms with Crippen LogP contribution in [0.25, 0.3) is 0 Å². The van der Waals surface area contributed by atoms with Crippen LogP contribution in [0.4, 0.5) is 8.78 Å². The summed E-state index contributed by atoms with van der Waals surface area (Å²) < 4.78 is 26.2. The van der Waals surface area contributed by atoms with Gasteiger partial charge in [-0.2, -0.15) is 0 Å². The van der Waals surface area contributed by atoms with E-state index in [1.54, 1.807) is 6.07 Å². The number of nitrogens with one attached hydrogen (secondary N) is 1. The number of halogens is 2. The number of hydrogen-bond donors (Lipinski definition) is 1. The van der Waals surface area contributed by atoms with Crippen molar-refractivity contribution >= 4 is 0 Å². The SMILES string of the molecule is CC(C)(C)NCC1CCCC1Cc1ccc(F)c(F)c1. The maximum Gasteiger partial charge on any atom is 0.159 e. The van der Waals surface area contributed by atoms with Gasteiger partial charge in [-0.05, 0) is 76.1 Å². The van der Waals surface area contributed by atoms with Crippen LogP contribution in [0, 0.1) is 23.5 Å². The van der Waals surface area contributed by atoms with Gasteiger partial charge in [0.15, 0.2) is 11.6 Å². The van der Waals surface area contributed by atoms with E-state index in [9.17, 15) is 8.78 Å². The highest BCUT2D eigenvalue weighted by molar-refractivity contribution is 5.18. The molecule has 1 aliphatic carbocycles. The lowest BCUT2D eigenvalue weighted by atomic mass is 9.89. The summed E-state index contributed by atoms with van der Waals surface area (Å²) in [5, 5.41) is 3.57. The third kappa shape index (κ3) is 4.27. The summed E-state index contributed by atoms with van der Waals surface area (Å²) in [7, 11) is 0. The van der Waals surface area contributed by atoms with Gasteiger partial charge in [0, 0.05) is 5.54 Å². The Morgan fingerprint density at radius 3 is 2.45 bits per heavy atom. The molecule has 3 heteroatoms. The van der Waals surface area contributed by atoms with Crippen LogP contribution in [-0.2, 0) is 6.42 Å². The van der Waals surface area contributed by atoms with E-state index in [4.69, 9.17) is 0 Å². The molecule has 20 heavy (non-hydrogen) atoms. The van der Waals surface area contributed by atoms with Crippen LogP contribution in [0.2, 0.25) is 0 Å². The van der Waals surface area contributed by atoms with Gasteiger partial charge in [-0.15, -0.1) is 0 Å². The summed E-state index contributed by atoms with van der Waals surface area (Å²) in [5.41, 5.74) is 1.05. The van der Waals surface area contributed by atoms with E-state index in [2.05, 4.69) is 26.1 Å². The first-order valence-electron chi connectivity index (χ1n) is 7.54. The molecule has 2 atom stereocenters. The Labute approximate surface area is 120 Å². The van der Waals surface area contributed by atoms with Gasteiger partial charge in [-0.1, -0.05) is 12.5 Å². The maximum absolute atomic E-state index is 13.3. The summed E-state index contributed by atoms with van der Waals surface area (Å²) in [6.07, 6.45) is 4.52. The van der Waals surface area contributed by atoms with Crippen molar-refractivity contribution < 1.29 is 8.78 Å². The normalized spacial score (nSPS) is 23.2. The fourth-order valence-corrected chi connectivity index (χ4v) is 3.06. The molecule has 0 aliphatic heterocycles. The molecule has 1 saturated carbocycles. The van der Waals surface area contributed by atoms with E-state index >= 15 is 0 Å². The summed E-state index contributed by atoms with van der Waals surface area (Å²) >= 11 is 0. The Morgan fingerprint density at radius 1 is 1.10 bits per heavy atom. The van der Waals surface area contributed by atoms with Crippen molar-refractivity contribution in [2.45, 2.75) is 52.0 Å². The Kier molecular flexibility index (Phi) is 4.79. The summed E-state index contributed by atoms with van der Waals surface area (Å²) in [4.78, 5) is 0. The average molecular weight is 281 g/mol. The van der Waals surface area contributed by atoms with Gasteiger partial charge in [-0.25, -0.2) is 8.78 Å². The summed E-state index contributed by atoms with van der Waals surface area (Å²) in [6.45, 7) is 7.53. The van der Waals surface area contributed by atoms with Gasteiger partial charge >= 0.3 is 0 Å². The highest BCUT2D eigenvalue weighted by Gasteiger charge is 2.28. The zero-order valence-corrected chi connectivity index (χ0v) is 12.7. The molecular formula is C17H25F2N. The van der Waals surface area contributed by atoms with Gasteiger partial charge in [0.25, 0.3) is 0 Å². The third-order valence-corrected chi connectivity index (χ3v) is 4.19. The average Bonchev–Trinajstić information content (AvgIpc) is 2.78. The predicted octanol–water partition coefficient (Wildman–Crippen LogP) is 4.31. The van der Waals surface area contributed by atoms with E-state index < -0.39 is 11.6 Å². The monoisotopic (exact) mass is 281 g/mol. The molecule has 1 aromatic carbocycles. The minimum atomic E-state index is -0.758. The van der Waals surface area contributed by atoms with Crippen molar-refractivity contribution in [2.24, 2.45) is 11.8 Å². The first-order chi connectivity index (χ1) is 9.35. The molecule has 0 aromatic heterocycles. The minimum Gasteiger partial charge on any atom is -0.312 e. The fraction of sp³-hybridized carbons (Fsp3) is 0.647. The van der Waals surface area contributed by atoms with Gasteiger partial charge < -0.3 is 5.32 Å². The van der Waals surface area contributed by atoms with E-state index in [0.29, 0.717) is 11.8 Å². The lowest BCUT2D eigenvalue weighted by molar-refractivity contribution is 0.317. The van der Waals surface area contributed by atoms with Gasteiger partial charge in [0.05, 0.1) is 0 Å². The van der Waals surface area contributed by atoms with Crippen molar-refractivity contribution in [2.75, 3.05) is 6.54 Å². The summed E-state index contributed by atoms with van der Waals surface area (Å²) in [6, 6.07) is 4.30. The zero-order chi connectivity index (χ0) is 14.8. The molecular weight excluding hydrogens is 256 g/mol. The highest BCUT2D eigenvalue weighted by atomic mass is 19.2. The molecule has 112 valence electrons. The van der Waals surface area contributed by atoms with Gasteiger partial charge in [0.1, 0.15) is 0 Å². The van der Waals surface area contributed by atoms with E-state index in [0.717, 1.165) is 18.5 Å². The number of benzene rings is 1. The lowest BCUT2D eigenvalue weighted by Crippen LogP contribution is -2.40. The van der Waals surface area contributed by atoms with Crippen molar-refractivity contribution in [3.05, 3.63) is 35.4 Å². The molecule has 1 nitrogen and oxygen atoms in total. The molecule has 1 aromatic rings. The van der Waals surface area contributed by atoms with Gasteiger partial charge in [0.2, 0.25) is 0 Å². The Hall–Kier alpha value is -0.960. The van der Waals surface area contributed by atoms with Crippen LogP contribution in [0.3, 0.4) is 0 Å². The topological polar surface area (TPSA) is 12.0 Å². The highest BCUT2D eigenvalue weighted by Crippen LogP contribution is 2.34. The molecule has 0 heterocycles. The molecule has 0 amide bonds. The van der Waals surface area contributed by atoms with Crippen molar-refractivity contribution in [3.63, 3.8) is 0 Å². The summed E-state index contributed by atoms with van der Waals surface area (Å²) in [5.74, 6) is -0.270. The number of rotatable bonds is 4. The van der Waals surface area contributed by atoms with Gasteiger partial charge in [-0.3, -0.25) is 0 Å². The molecule has 2 unspecified atom stereocenters. The van der Waals surface area contributed by atoms with Crippen LogP contribution in [0.15, 0.2) is 18.2 Å². The maximum atomic E-state index is 13.3. The van der Waals surface area contributed by atoms with E-state index in [1.807, 2.05) is 0 Å². The molecule has 1 N–H and O–H groups in total. The first kappa shape index (κ1) is 15.4. The molecule has 0 bridgehead atoms. The van der Waals surface area contributed by atoms with Crippen molar-refractivity contribution in [3.8, 4) is 0 Å². The quantitative estimate of drug-likeness (QED) is 0.867. The minimum absolute atomic E-state index is 0.134. The second kappa shape index (κ2) is 6.21. The van der Waals surface area contributed by atoms with Crippen LogP contribution in [-0.4, -0.2) is 12.1 Å².